The molecule has 0 radical (unpaired) electrons. The van der Waals surface area contributed by atoms with Crippen LogP contribution in [0.4, 0.5) is 10.6 Å². The van der Waals surface area contributed by atoms with Crippen LogP contribution in [0.5, 0.6) is 0 Å². The third kappa shape index (κ3) is 4.61. The number of imide groups is 1. The van der Waals surface area contributed by atoms with Crippen LogP contribution in [0, 0.1) is 0 Å². The summed E-state index contributed by atoms with van der Waals surface area (Å²) < 4.78 is 1.58. The van der Waals surface area contributed by atoms with E-state index in [4.69, 9.17) is 11.6 Å². The zero-order chi connectivity index (χ0) is 26.3. The van der Waals surface area contributed by atoms with Crippen LogP contribution in [0.2, 0.25) is 5.28 Å². The van der Waals surface area contributed by atoms with E-state index in [2.05, 4.69) is 20.3 Å². The normalized spacial score (nSPS) is 24.9. The number of aromatic nitrogens is 4. The summed E-state index contributed by atoms with van der Waals surface area (Å²) in [6, 6.07) is 7.20. The van der Waals surface area contributed by atoms with E-state index in [-0.39, 0.29) is 30.9 Å². The lowest BCUT2D eigenvalue weighted by atomic mass is 10.1. The molecule has 5 atom stereocenters. The van der Waals surface area contributed by atoms with Crippen LogP contribution in [0.15, 0.2) is 36.7 Å². The maximum Gasteiger partial charge on any atom is 0.327 e. The highest BCUT2D eigenvalue weighted by atomic mass is 35.5. The molecule has 4 N–H and O–H groups in total. The predicted molar refractivity (Wildman–Crippen MR) is 134 cm³/mol. The van der Waals surface area contributed by atoms with Gasteiger partial charge in [-0.15, -0.1) is 0 Å². The summed E-state index contributed by atoms with van der Waals surface area (Å²) in [7, 11) is 0. The molecule has 13 heteroatoms. The van der Waals surface area contributed by atoms with Crippen molar-refractivity contribution in [3.63, 3.8) is 0 Å². The van der Waals surface area contributed by atoms with Crippen LogP contribution in [0.1, 0.15) is 24.9 Å². The number of nitrogens with zero attached hydrogens (tertiary/aromatic N) is 6. The number of hydrogen-bond acceptors (Lipinski definition) is 9. The lowest BCUT2D eigenvalue weighted by Gasteiger charge is -2.25. The lowest BCUT2D eigenvalue weighted by molar-refractivity contribution is -0.128. The van der Waals surface area contributed by atoms with E-state index in [0.717, 1.165) is 10.5 Å². The van der Waals surface area contributed by atoms with E-state index in [1.54, 1.807) is 11.5 Å². The number of urea groups is 1. The standard InChI is InChI=1S/C24H28ClN7O5/c1-2-30-10-17(34)32(24(30)37)16-9-15(19(35)20(16)36)31-12-26-18-21(28-23(25)29-22(18)31)27-14(11-33)8-13-6-4-3-5-7-13/h3-7,12,14-16,19-20,33,35-36H,2,8-11H2,1H3,(H,27,28,29)/t14-,15+,16-,19-,20+/m0/s1. The summed E-state index contributed by atoms with van der Waals surface area (Å²) in [5.41, 5.74) is 1.70. The first-order chi connectivity index (χ1) is 17.8. The molecule has 1 saturated carbocycles. The summed E-state index contributed by atoms with van der Waals surface area (Å²) in [4.78, 5) is 40.6. The second kappa shape index (κ2) is 10.2. The Hall–Kier alpha value is -3.32. The number of aliphatic hydroxyl groups is 3. The number of fused-ring (bicyclic) bond motifs is 1. The van der Waals surface area contributed by atoms with E-state index in [9.17, 15) is 24.9 Å². The Morgan fingerprint density at radius 2 is 1.86 bits per heavy atom. The molecule has 37 heavy (non-hydrogen) atoms. The van der Waals surface area contributed by atoms with Crippen LogP contribution in [-0.4, -0.2) is 101 Å². The van der Waals surface area contributed by atoms with Crippen molar-refractivity contribution in [2.24, 2.45) is 0 Å². The van der Waals surface area contributed by atoms with Gasteiger partial charge in [0.05, 0.1) is 31.1 Å². The number of nitrogens with one attached hydrogen (secondary N) is 1. The lowest BCUT2D eigenvalue weighted by Crippen LogP contribution is -2.47. The Balaban J connectivity index is 1.42. The Morgan fingerprint density at radius 1 is 1.14 bits per heavy atom. The number of rotatable bonds is 8. The van der Waals surface area contributed by atoms with Crippen molar-refractivity contribution in [2.75, 3.05) is 25.0 Å². The Kier molecular flexibility index (Phi) is 6.99. The molecule has 2 fully saturated rings. The van der Waals surface area contributed by atoms with Crippen molar-refractivity contribution in [3.05, 3.63) is 47.5 Å². The fourth-order valence-electron chi connectivity index (χ4n) is 5.14. The monoisotopic (exact) mass is 529 g/mol. The summed E-state index contributed by atoms with van der Waals surface area (Å²) in [6.07, 6.45) is -0.524. The summed E-state index contributed by atoms with van der Waals surface area (Å²) >= 11 is 6.23. The van der Waals surface area contributed by atoms with E-state index in [0.29, 0.717) is 29.9 Å². The fraction of sp³-hybridized carbons (Fsp3) is 0.458. The smallest absolute Gasteiger partial charge is 0.327 e. The molecule has 1 aliphatic carbocycles. The van der Waals surface area contributed by atoms with Crippen LogP contribution in [-0.2, 0) is 11.2 Å². The van der Waals surface area contributed by atoms with Gasteiger partial charge in [0.1, 0.15) is 18.8 Å². The van der Waals surface area contributed by atoms with Crippen LogP contribution in [0.3, 0.4) is 0 Å². The van der Waals surface area contributed by atoms with Gasteiger partial charge < -0.3 is 30.1 Å². The van der Waals surface area contributed by atoms with Crippen LogP contribution >= 0.6 is 11.6 Å². The summed E-state index contributed by atoms with van der Waals surface area (Å²) in [5.74, 6) is -0.0960. The molecule has 196 valence electrons. The van der Waals surface area contributed by atoms with Crippen molar-refractivity contribution in [2.45, 2.75) is 50.1 Å². The average Bonchev–Trinajstić information content (AvgIpc) is 3.52. The number of hydrogen-bond donors (Lipinski definition) is 4. The van der Waals surface area contributed by atoms with Gasteiger partial charge in [-0.2, -0.15) is 9.97 Å². The third-order valence-electron chi connectivity index (χ3n) is 7.04. The number of carbonyl (C=O) groups excluding carboxylic acids is 2. The number of aliphatic hydroxyl groups excluding tert-OH is 3. The zero-order valence-corrected chi connectivity index (χ0v) is 20.9. The van der Waals surface area contributed by atoms with Gasteiger partial charge in [0, 0.05) is 6.54 Å². The number of amides is 3. The van der Waals surface area contributed by atoms with Crippen molar-refractivity contribution < 1.29 is 24.9 Å². The van der Waals surface area contributed by atoms with Gasteiger partial charge in [-0.25, -0.2) is 9.78 Å². The van der Waals surface area contributed by atoms with Crippen molar-refractivity contribution in [3.8, 4) is 0 Å². The number of carbonyl (C=O) groups is 2. The van der Waals surface area contributed by atoms with E-state index in [1.807, 2.05) is 30.3 Å². The highest BCUT2D eigenvalue weighted by molar-refractivity contribution is 6.28. The first kappa shape index (κ1) is 25.3. The van der Waals surface area contributed by atoms with Gasteiger partial charge in [0.15, 0.2) is 17.0 Å². The molecular formula is C24H28ClN7O5. The fourth-order valence-corrected chi connectivity index (χ4v) is 5.31. The topological polar surface area (TPSA) is 157 Å². The molecule has 12 nitrogen and oxygen atoms in total. The van der Waals surface area contributed by atoms with Crippen LogP contribution < -0.4 is 5.32 Å². The van der Waals surface area contributed by atoms with Gasteiger partial charge in [0.25, 0.3) is 5.91 Å². The molecule has 1 aromatic carbocycles. The number of halogens is 1. The third-order valence-corrected chi connectivity index (χ3v) is 7.21. The molecule has 0 spiro atoms. The number of imidazole rings is 1. The zero-order valence-electron chi connectivity index (χ0n) is 20.1. The quantitative estimate of drug-likeness (QED) is 0.245. The molecule has 1 saturated heterocycles. The molecular weight excluding hydrogens is 502 g/mol. The van der Waals surface area contributed by atoms with Gasteiger partial charge in [-0.1, -0.05) is 30.3 Å². The van der Waals surface area contributed by atoms with E-state index >= 15 is 0 Å². The second-order valence-electron chi connectivity index (χ2n) is 9.29. The largest absolute Gasteiger partial charge is 0.394 e. The Morgan fingerprint density at radius 3 is 2.54 bits per heavy atom. The first-order valence-electron chi connectivity index (χ1n) is 12.1. The molecule has 3 amide bonds. The molecule has 0 unspecified atom stereocenters. The second-order valence-corrected chi connectivity index (χ2v) is 9.63. The van der Waals surface area contributed by atoms with Gasteiger partial charge >= 0.3 is 6.03 Å². The first-order valence-corrected chi connectivity index (χ1v) is 12.5. The van der Waals surface area contributed by atoms with Crippen LogP contribution in [0.25, 0.3) is 11.2 Å². The SMILES string of the molecule is CCN1CC(=O)N([C@H]2C[C@@H](n3cnc4c(N[C@H](CO)Cc5ccccc5)nc(Cl)nc43)[C@H](O)[C@@H]2O)C1=O. The number of likely N-dealkylation sites (N-methyl/N-ethyl adjacent to an activating group) is 1. The van der Waals surface area contributed by atoms with E-state index < -0.39 is 36.2 Å². The van der Waals surface area contributed by atoms with Gasteiger partial charge in [-0.3, -0.25) is 9.69 Å². The van der Waals surface area contributed by atoms with Crippen molar-refractivity contribution >= 4 is 40.5 Å². The Bertz CT molecular complexity index is 1310. The molecule has 3 aromatic rings. The molecule has 1 aliphatic heterocycles. The van der Waals surface area contributed by atoms with E-state index in [1.165, 1.54) is 11.2 Å². The maximum atomic E-state index is 12.7. The number of anilines is 1. The Labute approximate surface area is 217 Å². The predicted octanol–water partition coefficient (Wildman–Crippen LogP) is 0.814. The maximum absolute atomic E-state index is 12.7. The average molecular weight is 530 g/mol. The molecule has 2 aliphatic rings. The van der Waals surface area contributed by atoms with Crippen molar-refractivity contribution in [1.29, 1.82) is 0 Å². The number of benzene rings is 1. The minimum absolute atomic E-state index is 0.0554. The highest BCUT2D eigenvalue weighted by Crippen LogP contribution is 2.38. The molecule has 0 bridgehead atoms. The van der Waals surface area contributed by atoms with Gasteiger partial charge in [0.2, 0.25) is 5.28 Å². The summed E-state index contributed by atoms with van der Waals surface area (Å²) in [5, 5.41) is 34.8. The summed E-state index contributed by atoms with van der Waals surface area (Å²) in [6.45, 7) is 1.92. The minimum atomic E-state index is -1.34. The minimum Gasteiger partial charge on any atom is -0.394 e. The molecule has 5 rings (SSSR count). The molecule has 3 heterocycles. The molecule has 2 aromatic heterocycles. The van der Waals surface area contributed by atoms with Gasteiger partial charge in [-0.05, 0) is 36.9 Å². The highest BCUT2D eigenvalue weighted by Gasteiger charge is 2.51. The van der Waals surface area contributed by atoms with Crippen molar-refractivity contribution in [1.82, 2.24) is 29.3 Å².